The number of methoxy groups -OCH3 is 1. The Morgan fingerprint density at radius 1 is 1.25 bits per heavy atom. The number of hydrogen-bond acceptors (Lipinski definition) is 4. The van der Waals surface area contributed by atoms with Crippen molar-refractivity contribution >= 4 is 22.9 Å². The molecule has 0 bridgehead atoms. The fraction of sp³-hybridized carbons (Fsp3) is 0.333. The standard InChI is InChI=1S/C15H18ClNO2S/c1-18-11-12-3-2-4-13(9-12)19-8-7-17-10-14-5-6-15(16)20-14/h2-6,9,17H,7-8,10-11H2,1H3. The van der Waals surface area contributed by atoms with Crippen LogP contribution in [-0.2, 0) is 17.9 Å². The molecule has 0 saturated heterocycles. The van der Waals surface area contributed by atoms with Crippen LogP contribution in [0, 0.1) is 0 Å². The molecule has 0 saturated carbocycles. The van der Waals surface area contributed by atoms with Gasteiger partial charge in [0.25, 0.3) is 0 Å². The molecule has 0 aliphatic rings. The average Bonchev–Trinajstić information content (AvgIpc) is 2.85. The van der Waals surface area contributed by atoms with E-state index in [0.717, 1.165) is 28.7 Å². The third kappa shape index (κ3) is 5.13. The van der Waals surface area contributed by atoms with Gasteiger partial charge in [-0.15, -0.1) is 11.3 Å². The van der Waals surface area contributed by atoms with Gasteiger partial charge in [0.05, 0.1) is 10.9 Å². The Labute approximate surface area is 128 Å². The van der Waals surface area contributed by atoms with Crippen molar-refractivity contribution in [3.8, 4) is 5.75 Å². The molecule has 0 spiro atoms. The van der Waals surface area contributed by atoms with E-state index < -0.39 is 0 Å². The van der Waals surface area contributed by atoms with E-state index in [1.54, 1.807) is 18.4 Å². The maximum absolute atomic E-state index is 5.88. The Hall–Kier alpha value is -1.07. The van der Waals surface area contributed by atoms with Crippen LogP contribution in [0.4, 0.5) is 0 Å². The Morgan fingerprint density at radius 3 is 2.90 bits per heavy atom. The molecular formula is C15H18ClNO2S. The molecule has 1 aromatic carbocycles. The first-order valence-electron chi connectivity index (χ1n) is 6.43. The maximum atomic E-state index is 5.88. The highest BCUT2D eigenvalue weighted by molar-refractivity contribution is 7.16. The van der Waals surface area contributed by atoms with Gasteiger partial charge < -0.3 is 14.8 Å². The summed E-state index contributed by atoms with van der Waals surface area (Å²) in [6.45, 7) is 2.86. The molecule has 0 amide bonds. The van der Waals surface area contributed by atoms with E-state index in [2.05, 4.69) is 5.32 Å². The van der Waals surface area contributed by atoms with E-state index in [-0.39, 0.29) is 0 Å². The van der Waals surface area contributed by atoms with Gasteiger partial charge in [0.1, 0.15) is 12.4 Å². The van der Waals surface area contributed by atoms with Crippen LogP contribution in [0.5, 0.6) is 5.75 Å². The highest BCUT2D eigenvalue weighted by Gasteiger charge is 1.99. The molecule has 0 unspecified atom stereocenters. The summed E-state index contributed by atoms with van der Waals surface area (Å²) in [7, 11) is 1.69. The minimum atomic E-state index is 0.606. The van der Waals surface area contributed by atoms with Crippen molar-refractivity contribution in [2.45, 2.75) is 13.2 Å². The Kier molecular flexibility index (Phi) is 6.33. The van der Waals surface area contributed by atoms with Gasteiger partial charge in [0.15, 0.2) is 0 Å². The Morgan fingerprint density at radius 2 is 2.15 bits per heavy atom. The summed E-state index contributed by atoms with van der Waals surface area (Å²) in [6.07, 6.45) is 0. The summed E-state index contributed by atoms with van der Waals surface area (Å²) >= 11 is 7.47. The van der Waals surface area contributed by atoms with Crippen molar-refractivity contribution in [3.63, 3.8) is 0 Å². The second-order valence-electron chi connectivity index (χ2n) is 4.31. The van der Waals surface area contributed by atoms with Gasteiger partial charge in [0, 0.05) is 25.1 Å². The topological polar surface area (TPSA) is 30.5 Å². The zero-order valence-electron chi connectivity index (χ0n) is 11.4. The molecule has 0 aliphatic heterocycles. The third-order valence-corrected chi connectivity index (χ3v) is 3.92. The highest BCUT2D eigenvalue weighted by atomic mass is 35.5. The van der Waals surface area contributed by atoms with Gasteiger partial charge in [-0.25, -0.2) is 0 Å². The molecule has 2 aromatic rings. The average molecular weight is 312 g/mol. The molecule has 0 fully saturated rings. The van der Waals surface area contributed by atoms with Crippen molar-refractivity contribution in [2.75, 3.05) is 20.3 Å². The minimum Gasteiger partial charge on any atom is -0.492 e. The van der Waals surface area contributed by atoms with Crippen molar-refractivity contribution in [2.24, 2.45) is 0 Å². The van der Waals surface area contributed by atoms with Crippen molar-refractivity contribution in [1.82, 2.24) is 5.32 Å². The van der Waals surface area contributed by atoms with Gasteiger partial charge >= 0.3 is 0 Å². The number of halogens is 1. The largest absolute Gasteiger partial charge is 0.492 e. The second kappa shape index (κ2) is 8.27. The molecule has 2 rings (SSSR count). The van der Waals surface area contributed by atoms with Crippen molar-refractivity contribution < 1.29 is 9.47 Å². The van der Waals surface area contributed by atoms with Crippen molar-refractivity contribution in [1.29, 1.82) is 0 Å². The number of nitrogens with one attached hydrogen (secondary N) is 1. The summed E-state index contributed by atoms with van der Waals surface area (Å²) in [4.78, 5) is 1.23. The fourth-order valence-electron chi connectivity index (χ4n) is 1.79. The van der Waals surface area contributed by atoms with E-state index in [0.29, 0.717) is 13.2 Å². The Bertz CT molecular complexity index is 530. The molecule has 1 aromatic heterocycles. The van der Waals surface area contributed by atoms with Crippen LogP contribution in [0.25, 0.3) is 0 Å². The second-order valence-corrected chi connectivity index (χ2v) is 6.11. The predicted molar refractivity (Wildman–Crippen MR) is 83.7 cm³/mol. The van der Waals surface area contributed by atoms with Crippen LogP contribution in [0.15, 0.2) is 36.4 Å². The van der Waals surface area contributed by atoms with Crippen LogP contribution in [-0.4, -0.2) is 20.3 Å². The monoisotopic (exact) mass is 311 g/mol. The number of rotatable bonds is 8. The zero-order valence-corrected chi connectivity index (χ0v) is 13.0. The van der Waals surface area contributed by atoms with E-state index in [1.807, 2.05) is 36.4 Å². The molecular weight excluding hydrogens is 294 g/mol. The van der Waals surface area contributed by atoms with Gasteiger partial charge in [-0.1, -0.05) is 23.7 Å². The third-order valence-electron chi connectivity index (χ3n) is 2.69. The molecule has 1 N–H and O–H groups in total. The van der Waals surface area contributed by atoms with Crippen LogP contribution in [0.1, 0.15) is 10.4 Å². The molecule has 108 valence electrons. The molecule has 5 heteroatoms. The van der Waals surface area contributed by atoms with Crippen LogP contribution in [0.3, 0.4) is 0 Å². The van der Waals surface area contributed by atoms with Gasteiger partial charge in [-0.3, -0.25) is 0 Å². The van der Waals surface area contributed by atoms with E-state index in [4.69, 9.17) is 21.1 Å². The smallest absolute Gasteiger partial charge is 0.119 e. The zero-order chi connectivity index (χ0) is 14.2. The summed E-state index contributed by atoms with van der Waals surface area (Å²) in [5.41, 5.74) is 1.12. The van der Waals surface area contributed by atoms with E-state index in [9.17, 15) is 0 Å². The normalized spacial score (nSPS) is 10.7. The lowest BCUT2D eigenvalue weighted by atomic mass is 10.2. The first-order valence-corrected chi connectivity index (χ1v) is 7.63. The van der Waals surface area contributed by atoms with Gasteiger partial charge in [-0.2, -0.15) is 0 Å². The molecule has 3 nitrogen and oxygen atoms in total. The predicted octanol–water partition coefficient (Wildman–Crippen LogP) is 3.72. The fourth-order valence-corrected chi connectivity index (χ4v) is 2.85. The molecule has 1 heterocycles. The number of ether oxygens (including phenoxy) is 2. The van der Waals surface area contributed by atoms with Crippen LogP contribution < -0.4 is 10.1 Å². The van der Waals surface area contributed by atoms with E-state index in [1.165, 1.54) is 4.88 Å². The lowest BCUT2D eigenvalue weighted by molar-refractivity contribution is 0.184. The number of hydrogen-bond donors (Lipinski definition) is 1. The summed E-state index contributed by atoms with van der Waals surface area (Å²) in [6, 6.07) is 11.9. The molecule has 0 atom stereocenters. The Balaban J connectivity index is 1.66. The van der Waals surface area contributed by atoms with E-state index >= 15 is 0 Å². The van der Waals surface area contributed by atoms with Crippen molar-refractivity contribution in [3.05, 3.63) is 51.2 Å². The lowest BCUT2D eigenvalue weighted by Gasteiger charge is -2.08. The van der Waals surface area contributed by atoms with Crippen LogP contribution in [0.2, 0.25) is 4.34 Å². The number of benzene rings is 1. The first-order chi connectivity index (χ1) is 9.78. The quantitative estimate of drug-likeness (QED) is 0.754. The first kappa shape index (κ1) is 15.3. The number of thiophene rings is 1. The molecule has 20 heavy (non-hydrogen) atoms. The molecule has 0 radical (unpaired) electrons. The summed E-state index contributed by atoms with van der Waals surface area (Å²) in [5, 5.41) is 3.33. The van der Waals surface area contributed by atoms with Gasteiger partial charge in [-0.05, 0) is 29.8 Å². The highest BCUT2D eigenvalue weighted by Crippen LogP contribution is 2.20. The minimum absolute atomic E-state index is 0.606. The van der Waals surface area contributed by atoms with Gasteiger partial charge in [0.2, 0.25) is 0 Å². The summed E-state index contributed by atoms with van der Waals surface area (Å²) < 4.78 is 11.6. The van der Waals surface area contributed by atoms with Crippen LogP contribution >= 0.6 is 22.9 Å². The lowest BCUT2D eigenvalue weighted by Crippen LogP contribution is -2.20. The summed E-state index contributed by atoms with van der Waals surface area (Å²) in [5.74, 6) is 0.875. The molecule has 0 aliphatic carbocycles. The maximum Gasteiger partial charge on any atom is 0.119 e. The SMILES string of the molecule is COCc1cccc(OCCNCc2ccc(Cl)s2)c1.